The molecule has 0 aliphatic rings. The van der Waals surface area contributed by atoms with Crippen molar-refractivity contribution in [3.05, 3.63) is 0 Å². The Morgan fingerprint density at radius 3 is 1.92 bits per heavy atom. The molecule has 12 heavy (non-hydrogen) atoms. The first-order valence-corrected chi connectivity index (χ1v) is 3.44. The van der Waals surface area contributed by atoms with Crippen LogP contribution in [0.1, 0.15) is 26.7 Å². The highest BCUT2D eigenvalue weighted by atomic mass is 35.5. The monoisotopic (exact) mass is 194 g/mol. The lowest BCUT2D eigenvalue weighted by Crippen LogP contribution is -2.32. The summed E-state index contributed by atoms with van der Waals surface area (Å²) >= 11 is 0. The van der Waals surface area contributed by atoms with Gasteiger partial charge >= 0.3 is 0 Å². The van der Waals surface area contributed by atoms with E-state index in [4.69, 9.17) is 11.5 Å². The van der Waals surface area contributed by atoms with Crippen LogP contribution in [0.4, 0.5) is 0 Å². The largest absolute Gasteiger partial charge is 0.370 e. The van der Waals surface area contributed by atoms with Gasteiger partial charge in [-0.1, -0.05) is 13.8 Å². The third-order valence-electron chi connectivity index (χ3n) is 1.66. The van der Waals surface area contributed by atoms with Crippen LogP contribution in [0.2, 0.25) is 0 Å². The minimum atomic E-state index is -0.630. The highest BCUT2D eigenvalue weighted by Gasteiger charge is 2.24. The summed E-state index contributed by atoms with van der Waals surface area (Å²) < 4.78 is 0. The van der Waals surface area contributed by atoms with E-state index in [-0.39, 0.29) is 18.8 Å². The van der Waals surface area contributed by atoms with Gasteiger partial charge in [0.2, 0.25) is 11.8 Å². The minimum absolute atomic E-state index is 0. The predicted molar refractivity (Wildman–Crippen MR) is 48.7 cm³/mol. The molecule has 0 aromatic heterocycles. The summed E-state index contributed by atoms with van der Waals surface area (Å²) in [6.45, 7) is 3.39. The Labute approximate surface area is 78.1 Å². The van der Waals surface area contributed by atoms with E-state index < -0.39 is 17.2 Å². The fourth-order valence-electron chi connectivity index (χ4n) is 0.559. The lowest BCUT2D eigenvalue weighted by molar-refractivity contribution is -0.127. The van der Waals surface area contributed by atoms with Gasteiger partial charge in [0, 0.05) is 11.8 Å². The standard InChI is InChI=1S/C7H14N2O2.ClH/c1-7(2,6(9)11)4-3-5(8)10;/h3-4H2,1-2H3,(H2,8,10)(H2,9,11);1H. The van der Waals surface area contributed by atoms with Crippen molar-refractivity contribution in [1.82, 2.24) is 0 Å². The van der Waals surface area contributed by atoms with Crippen LogP contribution in [0.3, 0.4) is 0 Å². The Hall–Kier alpha value is -0.770. The molecule has 0 heterocycles. The third-order valence-corrected chi connectivity index (χ3v) is 1.66. The molecule has 0 radical (unpaired) electrons. The highest BCUT2D eigenvalue weighted by Crippen LogP contribution is 2.20. The first-order chi connectivity index (χ1) is 4.86. The number of halogens is 1. The molecule has 4 nitrogen and oxygen atoms in total. The Morgan fingerprint density at radius 1 is 1.25 bits per heavy atom. The molecule has 0 unspecified atom stereocenters. The van der Waals surface area contributed by atoms with E-state index in [0.717, 1.165) is 0 Å². The second kappa shape index (κ2) is 4.98. The summed E-state index contributed by atoms with van der Waals surface area (Å²) in [7, 11) is 0. The first-order valence-electron chi connectivity index (χ1n) is 3.44. The molecule has 72 valence electrons. The summed E-state index contributed by atoms with van der Waals surface area (Å²) in [6, 6.07) is 0. The quantitative estimate of drug-likeness (QED) is 0.669. The summed E-state index contributed by atoms with van der Waals surface area (Å²) in [5.74, 6) is -0.807. The number of rotatable bonds is 4. The Bertz CT molecular complexity index is 180. The van der Waals surface area contributed by atoms with Gasteiger partial charge in [-0.3, -0.25) is 9.59 Å². The maximum absolute atomic E-state index is 10.7. The Balaban J connectivity index is 0. The smallest absolute Gasteiger partial charge is 0.223 e. The minimum Gasteiger partial charge on any atom is -0.370 e. The number of carbonyl (C=O) groups is 2. The van der Waals surface area contributed by atoms with Crippen molar-refractivity contribution in [2.75, 3.05) is 0 Å². The summed E-state index contributed by atoms with van der Waals surface area (Å²) in [6.07, 6.45) is 0.619. The molecule has 0 fully saturated rings. The number of hydrogen-bond acceptors (Lipinski definition) is 2. The maximum Gasteiger partial charge on any atom is 0.223 e. The van der Waals surface area contributed by atoms with Crippen molar-refractivity contribution in [2.45, 2.75) is 26.7 Å². The number of carbonyl (C=O) groups excluding carboxylic acids is 2. The zero-order valence-corrected chi connectivity index (χ0v) is 8.11. The summed E-state index contributed by atoms with van der Waals surface area (Å²) in [5, 5.41) is 0. The van der Waals surface area contributed by atoms with Gasteiger partial charge in [-0.2, -0.15) is 0 Å². The van der Waals surface area contributed by atoms with Crippen molar-refractivity contribution >= 4 is 24.2 Å². The zero-order chi connectivity index (χ0) is 9.07. The predicted octanol–water partition coefficient (Wildman–Crippen LogP) is 0.185. The van der Waals surface area contributed by atoms with E-state index in [2.05, 4.69) is 0 Å². The van der Waals surface area contributed by atoms with Gasteiger partial charge in [-0.15, -0.1) is 12.4 Å². The number of nitrogens with two attached hydrogens (primary N) is 2. The molecule has 0 saturated heterocycles. The average Bonchev–Trinajstić information content (AvgIpc) is 1.84. The lowest BCUT2D eigenvalue weighted by Gasteiger charge is -2.18. The van der Waals surface area contributed by atoms with Gasteiger partial charge in [-0.25, -0.2) is 0 Å². The summed E-state index contributed by atoms with van der Waals surface area (Å²) in [5.41, 5.74) is 9.34. The van der Waals surface area contributed by atoms with Crippen molar-refractivity contribution in [2.24, 2.45) is 16.9 Å². The van der Waals surface area contributed by atoms with Gasteiger partial charge < -0.3 is 11.5 Å². The van der Waals surface area contributed by atoms with Crippen molar-refractivity contribution in [3.8, 4) is 0 Å². The fourth-order valence-corrected chi connectivity index (χ4v) is 0.559. The molecule has 0 saturated carbocycles. The van der Waals surface area contributed by atoms with E-state index in [1.165, 1.54) is 0 Å². The Kier molecular flexibility index (Phi) is 5.72. The summed E-state index contributed by atoms with van der Waals surface area (Å²) in [4.78, 5) is 21.0. The van der Waals surface area contributed by atoms with Crippen LogP contribution in [-0.4, -0.2) is 11.8 Å². The molecule has 2 amide bonds. The van der Waals surface area contributed by atoms with Crippen molar-refractivity contribution < 1.29 is 9.59 Å². The second-order valence-electron chi connectivity index (χ2n) is 3.21. The van der Waals surface area contributed by atoms with Crippen LogP contribution in [0, 0.1) is 5.41 Å². The van der Waals surface area contributed by atoms with E-state index in [1.807, 2.05) is 0 Å². The van der Waals surface area contributed by atoms with Gasteiger partial charge in [-0.05, 0) is 6.42 Å². The second-order valence-corrected chi connectivity index (χ2v) is 3.21. The molecule has 0 aromatic rings. The van der Waals surface area contributed by atoms with Gasteiger partial charge in [0.25, 0.3) is 0 Å². The maximum atomic E-state index is 10.7. The average molecular weight is 195 g/mol. The fraction of sp³-hybridized carbons (Fsp3) is 0.714. The van der Waals surface area contributed by atoms with Gasteiger partial charge in [0.05, 0.1) is 0 Å². The molecule has 4 N–H and O–H groups in total. The van der Waals surface area contributed by atoms with Crippen LogP contribution in [-0.2, 0) is 9.59 Å². The highest BCUT2D eigenvalue weighted by molar-refractivity contribution is 5.85. The van der Waals surface area contributed by atoms with Crippen molar-refractivity contribution in [1.29, 1.82) is 0 Å². The van der Waals surface area contributed by atoms with E-state index in [9.17, 15) is 9.59 Å². The number of amides is 2. The molecule has 0 aliphatic carbocycles. The third kappa shape index (κ3) is 4.96. The molecule has 0 rings (SSSR count). The Morgan fingerprint density at radius 2 is 1.67 bits per heavy atom. The molecular weight excluding hydrogens is 180 g/mol. The van der Waals surface area contributed by atoms with Crippen LogP contribution < -0.4 is 11.5 Å². The van der Waals surface area contributed by atoms with E-state index >= 15 is 0 Å². The lowest BCUT2D eigenvalue weighted by atomic mass is 9.87. The van der Waals surface area contributed by atoms with Crippen molar-refractivity contribution in [3.63, 3.8) is 0 Å². The molecule has 0 spiro atoms. The molecule has 0 bridgehead atoms. The number of hydrogen-bond donors (Lipinski definition) is 2. The van der Waals surface area contributed by atoms with Crippen LogP contribution in [0.15, 0.2) is 0 Å². The van der Waals surface area contributed by atoms with Crippen LogP contribution in [0.5, 0.6) is 0 Å². The van der Waals surface area contributed by atoms with E-state index in [1.54, 1.807) is 13.8 Å². The van der Waals surface area contributed by atoms with E-state index in [0.29, 0.717) is 6.42 Å². The molecule has 5 heteroatoms. The van der Waals surface area contributed by atoms with Gasteiger partial charge in [0.15, 0.2) is 0 Å². The zero-order valence-electron chi connectivity index (χ0n) is 7.29. The normalized spacial score (nSPS) is 10.2. The first kappa shape index (κ1) is 13.8. The molecule has 0 aliphatic heterocycles. The molecule has 0 aromatic carbocycles. The molecule has 0 atom stereocenters. The number of primary amides is 2. The molecular formula is C7H15ClN2O2. The topological polar surface area (TPSA) is 86.2 Å². The van der Waals surface area contributed by atoms with Crippen LogP contribution >= 0.6 is 12.4 Å². The van der Waals surface area contributed by atoms with Crippen LogP contribution in [0.25, 0.3) is 0 Å². The SMILES string of the molecule is CC(C)(CCC(N)=O)C(N)=O.Cl. The van der Waals surface area contributed by atoms with Gasteiger partial charge in [0.1, 0.15) is 0 Å².